The van der Waals surface area contributed by atoms with Crippen LogP contribution in [0.25, 0.3) is 11.3 Å². The second-order valence-corrected chi connectivity index (χ2v) is 7.27. The van der Waals surface area contributed by atoms with E-state index in [-0.39, 0.29) is 23.1 Å². The lowest BCUT2D eigenvalue weighted by atomic mass is 10.1. The summed E-state index contributed by atoms with van der Waals surface area (Å²) in [5.41, 5.74) is 0.592. The van der Waals surface area contributed by atoms with Crippen molar-refractivity contribution in [3.8, 4) is 11.3 Å². The Kier molecular flexibility index (Phi) is 5.90. The average Bonchev–Trinajstić information content (AvgIpc) is 3.33. The fraction of sp³-hybridized carbons (Fsp3) is 0.250. The number of thiophene rings is 1. The Bertz CT molecular complexity index is 933. The van der Waals surface area contributed by atoms with Gasteiger partial charge in [0.1, 0.15) is 5.76 Å². The van der Waals surface area contributed by atoms with Gasteiger partial charge in [-0.3, -0.25) is 4.79 Å². The molecular formula is C20H19F3N2O2S. The molecule has 0 bridgehead atoms. The number of nitrogens with one attached hydrogen (secondary N) is 1. The molecule has 0 radical (unpaired) electrons. The maximum Gasteiger partial charge on any atom is 0.416 e. The first-order valence-corrected chi connectivity index (χ1v) is 9.44. The summed E-state index contributed by atoms with van der Waals surface area (Å²) < 4.78 is 44.1. The first-order chi connectivity index (χ1) is 13.3. The maximum absolute atomic E-state index is 12.9. The summed E-state index contributed by atoms with van der Waals surface area (Å²) in [4.78, 5) is 14.4. The maximum atomic E-state index is 12.9. The molecule has 4 nitrogen and oxygen atoms in total. The zero-order valence-electron chi connectivity index (χ0n) is 15.3. The van der Waals surface area contributed by atoms with Gasteiger partial charge in [0.05, 0.1) is 11.6 Å². The van der Waals surface area contributed by atoms with E-state index in [0.717, 1.165) is 17.7 Å². The second-order valence-electron chi connectivity index (χ2n) is 6.49. The number of likely N-dealkylation sites (N-methyl/N-ethyl adjacent to an activating group) is 1. The van der Waals surface area contributed by atoms with Crippen LogP contribution in [-0.2, 0) is 6.18 Å². The van der Waals surface area contributed by atoms with Crippen LogP contribution in [0.2, 0.25) is 0 Å². The van der Waals surface area contributed by atoms with E-state index in [4.69, 9.17) is 4.42 Å². The van der Waals surface area contributed by atoms with E-state index >= 15 is 0 Å². The fourth-order valence-electron chi connectivity index (χ4n) is 2.80. The standard InChI is InChI=1S/C20H19F3N2O2S/c1-25(2)16(14-8-9-28-12-14)11-24-19(26)18-7-6-17(27-18)13-4-3-5-15(10-13)20(21,22)23/h3-10,12,16H,11H2,1-2H3,(H,24,26)/t16-/m0/s1. The van der Waals surface area contributed by atoms with E-state index in [1.54, 1.807) is 11.3 Å². The molecule has 2 heterocycles. The van der Waals surface area contributed by atoms with Gasteiger partial charge in [-0.15, -0.1) is 0 Å². The van der Waals surface area contributed by atoms with Gasteiger partial charge in [0.2, 0.25) is 0 Å². The van der Waals surface area contributed by atoms with Gasteiger partial charge < -0.3 is 14.6 Å². The summed E-state index contributed by atoms with van der Waals surface area (Å²) in [7, 11) is 3.85. The number of carbonyl (C=O) groups is 1. The molecule has 0 aliphatic carbocycles. The summed E-state index contributed by atoms with van der Waals surface area (Å²) in [6, 6.07) is 9.77. The summed E-state index contributed by atoms with van der Waals surface area (Å²) in [5, 5.41) is 6.82. The number of hydrogen-bond acceptors (Lipinski definition) is 4. The quantitative estimate of drug-likeness (QED) is 0.620. The molecule has 2 aromatic heterocycles. The van der Waals surface area contributed by atoms with Crippen molar-refractivity contribution in [2.24, 2.45) is 0 Å². The van der Waals surface area contributed by atoms with Gasteiger partial charge >= 0.3 is 6.18 Å². The second kappa shape index (κ2) is 8.20. The third-order valence-corrected chi connectivity index (χ3v) is 5.01. The van der Waals surface area contributed by atoms with Crippen molar-refractivity contribution in [2.75, 3.05) is 20.6 Å². The summed E-state index contributed by atoms with van der Waals surface area (Å²) >= 11 is 1.58. The highest BCUT2D eigenvalue weighted by Gasteiger charge is 2.30. The van der Waals surface area contributed by atoms with Crippen molar-refractivity contribution in [1.82, 2.24) is 10.2 Å². The topological polar surface area (TPSA) is 45.5 Å². The lowest BCUT2D eigenvalue weighted by Crippen LogP contribution is -2.34. The predicted octanol–water partition coefficient (Wildman–Crippen LogP) is 5.06. The molecule has 3 rings (SSSR count). The van der Waals surface area contributed by atoms with Crippen LogP contribution in [0.3, 0.4) is 0 Å². The van der Waals surface area contributed by atoms with Crippen LogP contribution in [0.5, 0.6) is 0 Å². The van der Waals surface area contributed by atoms with Crippen molar-refractivity contribution in [1.29, 1.82) is 0 Å². The van der Waals surface area contributed by atoms with Crippen LogP contribution in [0.1, 0.15) is 27.7 Å². The number of furan rings is 1. The molecular weight excluding hydrogens is 389 g/mol. The van der Waals surface area contributed by atoms with E-state index in [9.17, 15) is 18.0 Å². The molecule has 8 heteroatoms. The monoisotopic (exact) mass is 408 g/mol. The van der Waals surface area contributed by atoms with E-state index in [1.807, 2.05) is 35.8 Å². The van der Waals surface area contributed by atoms with Crippen LogP contribution in [0.4, 0.5) is 13.2 Å². The SMILES string of the molecule is CN(C)[C@@H](CNC(=O)c1ccc(-c2cccc(C(F)(F)F)c2)o1)c1ccsc1. The Hall–Kier alpha value is -2.58. The molecule has 0 aliphatic rings. The van der Waals surface area contributed by atoms with Crippen LogP contribution >= 0.6 is 11.3 Å². The minimum absolute atomic E-state index is 0.00750. The van der Waals surface area contributed by atoms with Crippen molar-refractivity contribution < 1.29 is 22.4 Å². The lowest BCUT2D eigenvalue weighted by Gasteiger charge is -2.23. The summed E-state index contributed by atoms with van der Waals surface area (Å²) in [6.45, 7) is 0.377. The fourth-order valence-corrected chi connectivity index (χ4v) is 3.51. The minimum Gasteiger partial charge on any atom is -0.451 e. The van der Waals surface area contributed by atoms with Gasteiger partial charge in [0.25, 0.3) is 5.91 Å². The molecule has 0 saturated heterocycles. The Balaban J connectivity index is 1.71. The van der Waals surface area contributed by atoms with E-state index in [2.05, 4.69) is 5.32 Å². The van der Waals surface area contributed by atoms with Gasteiger partial charge in [-0.1, -0.05) is 12.1 Å². The van der Waals surface area contributed by atoms with Crippen molar-refractivity contribution in [2.45, 2.75) is 12.2 Å². The first kappa shape index (κ1) is 20.2. The van der Waals surface area contributed by atoms with E-state index in [1.165, 1.54) is 24.3 Å². The van der Waals surface area contributed by atoms with Gasteiger partial charge in [-0.05, 0) is 60.8 Å². The zero-order chi connectivity index (χ0) is 20.3. The molecule has 1 atom stereocenters. The van der Waals surface area contributed by atoms with E-state index < -0.39 is 17.6 Å². The van der Waals surface area contributed by atoms with Crippen molar-refractivity contribution in [3.63, 3.8) is 0 Å². The van der Waals surface area contributed by atoms with Crippen LogP contribution in [-0.4, -0.2) is 31.4 Å². The molecule has 28 heavy (non-hydrogen) atoms. The lowest BCUT2D eigenvalue weighted by molar-refractivity contribution is -0.137. The van der Waals surface area contributed by atoms with E-state index in [0.29, 0.717) is 6.54 Å². The molecule has 0 unspecified atom stereocenters. The third kappa shape index (κ3) is 4.63. The molecule has 148 valence electrons. The number of benzene rings is 1. The highest BCUT2D eigenvalue weighted by atomic mass is 32.1. The molecule has 1 amide bonds. The zero-order valence-corrected chi connectivity index (χ0v) is 16.1. The number of halogens is 3. The Labute approximate surface area is 164 Å². The largest absolute Gasteiger partial charge is 0.451 e. The number of carbonyl (C=O) groups excluding carboxylic acids is 1. The molecule has 1 N–H and O–H groups in total. The molecule has 0 aliphatic heterocycles. The number of alkyl halides is 3. The molecule has 0 spiro atoms. The minimum atomic E-state index is -4.44. The van der Waals surface area contributed by atoms with Gasteiger partial charge in [0, 0.05) is 12.1 Å². The van der Waals surface area contributed by atoms with Crippen LogP contribution in [0.15, 0.2) is 57.6 Å². The van der Waals surface area contributed by atoms with Gasteiger partial charge in [0.15, 0.2) is 5.76 Å². The van der Waals surface area contributed by atoms with Crippen molar-refractivity contribution >= 4 is 17.2 Å². The average molecular weight is 408 g/mol. The molecule has 3 aromatic rings. The summed E-state index contributed by atoms with van der Waals surface area (Å²) in [6.07, 6.45) is -4.44. The molecule has 0 fully saturated rings. The smallest absolute Gasteiger partial charge is 0.416 e. The molecule has 1 aromatic carbocycles. The Morgan fingerprint density at radius 1 is 1.21 bits per heavy atom. The van der Waals surface area contributed by atoms with Crippen LogP contribution < -0.4 is 5.32 Å². The number of rotatable bonds is 6. The predicted molar refractivity (Wildman–Crippen MR) is 102 cm³/mol. The normalized spacial score (nSPS) is 12.9. The number of hydrogen-bond donors (Lipinski definition) is 1. The Morgan fingerprint density at radius 3 is 2.64 bits per heavy atom. The van der Waals surface area contributed by atoms with Crippen molar-refractivity contribution in [3.05, 3.63) is 70.1 Å². The molecule has 0 saturated carbocycles. The summed E-state index contributed by atoms with van der Waals surface area (Å²) in [5.74, 6) is -0.159. The third-order valence-electron chi connectivity index (χ3n) is 4.31. The first-order valence-electron chi connectivity index (χ1n) is 8.50. The van der Waals surface area contributed by atoms with Gasteiger partial charge in [-0.2, -0.15) is 24.5 Å². The highest BCUT2D eigenvalue weighted by molar-refractivity contribution is 7.07. The number of amides is 1. The van der Waals surface area contributed by atoms with Gasteiger partial charge in [-0.25, -0.2) is 0 Å². The number of nitrogens with zero attached hydrogens (tertiary/aromatic N) is 1. The van der Waals surface area contributed by atoms with Crippen LogP contribution in [0, 0.1) is 0 Å². The Morgan fingerprint density at radius 2 is 2.00 bits per heavy atom. The highest BCUT2D eigenvalue weighted by Crippen LogP contribution is 2.32.